The molecule has 0 radical (unpaired) electrons. The van der Waals surface area contributed by atoms with Gasteiger partial charge in [-0.15, -0.1) is 20.7 Å². The summed E-state index contributed by atoms with van der Waals surface area (Å²) in [5.74, 6) is 1.68. The number of nitrogens with zero attached hydrogens (tertiary/aromatic N) is 4. The maximum atomic E-state index is 13.7. The molecule has 9 nitrogen and oxygen atoms in total. The number of methoxy groups -OCH3 is 1. The Labute approximate surface area is 248 Å². The van der Waals surface area contributed by atoms with Crippen LogP contribution < -0.4 is 10.1 Å². The Morgan fingerprint density at radius 3 is 2.50 bits per heavy atom. The topological polar surface area (TPSA) is 85.4 Å². The van der Waals surface area contributed by atoms with E-state index in [0.29, 0.717) is 23.3 Å². The van der Waals surface area contributed by atoms with Crippen LogP contribution in [-0.2, 0) is 22.7 Å². The van der Waals surface area contributed by atoms with Crippen LogP contribution in [0, 0.1) is 5.82 Å². The van der Waals surface area contributed by atoms with Crippen LogP contribution in [-0.4, -0.2) is 90.6 Å². The molecular weight excluding hydrogens is 648 g/mol. The highest BCUT2D eigenvalue weighted by molar-refractivity contribution is 14.2. The van der Waals surface area contributed by atoms with E-state index in [-0.39, 0.29) is 43.3 Å². The molecule has 4 rings (SSSR count). The second-order valence-electron chi connectivity index (χ2n) is 9.45. The molecule has 0 bridgehead atoms. The number of alkyl halides is 1. The number of urea groups is 1. The van der Waals surface area contributed by atoms with Crippen molar-refractivity contribution < 1.29 is 23.5 Å². The summed E-state index contributed by atoms with van der Waals surface area (Å²) >= 11 is 1.20. The first-order chi connectivity index (χ1) is 19.4. The second kappa shape index (κ2) is 14.3. The van der Waals surface area contributed by atoms with Gasteiger partial charge in [-0.1, -0.05) is 35.7 Å². The van der Waals surface area contributed by atoms with E-state index in [9.17, 15) is 18.8 Å². The molecule has 4 amide bonds. The van der Waals surface area contributed by atoms with Crippen molar-refractivity contribution in [1.82, 2.24) is 25.1 Å². The van der Waals surface area contributed by atoms with E-state index < -0.39 is 32.9 Å². The lowest BCUT2D eigenvalue weighted by Gasteiger charge is -2.55. The summed E-state index contributed by atoms with van der Waals surface area (Å²) < 4.78 is 23.3. The van der Waals surface area contributed by atoms with E-state index in [0.717, 1.165) is 22.6 Å². The minimum absolute atomic E-state index is 0.0182. The number of fused-ring (bicyclic) bond motifs is 1. The van der Waals surface area contributed by atoms with Crippen molar-refractivity contribution >= 4 is 54.9 Å². The van der Waals surface area contributed by atoms with E-state index in [1.54, 1.807) is 50.8 Å². The number of halogens is 2. The zero-order chi connectivity index (χ0) is 28.6. The summed E-state index contributed by atoms with van der Waals surface area (Å²) in [4.78, 5) is 44.3. The molecule has 0 aliphatic carbocycles. The van der Waals surface area contributed by atoms with Gasteiger partial charge in [0.25, 0.3) is 0 Å². The molecule has 2 aromatic rings. The number of hydrogen-bond acceptors (Lipinski definition) is 6. The Hall–Kier alpha value is -2.71. The van der Waals surface area contributed by atoms with Crippen molar-refractivity contribution in [3.05, 3.63) is 65.5 Å². The molecule has 0 aromatic heterocycles. The Morgan fingerprint density at radius 1 is 1.15 bits per heavy atom. The maximum absolute atomic E-state index is 13.7. The first-order valence-electron chi connectivity index (χ1n) is 13.1. The average molecular weight is 684 g/mol. The van der Waals surface area contributed by atoms with Crippen LogP contribution in [0.15, 0.2) is 48.5 Å². The van der Waals surface area contributed by atoms with Gasteiger partial charge in [0.2, 0.25) is 11.8 Å². The van der Waals surface area contributed by atoms with E-state index in [1.165, 1.54) is 12.1 Å². The van der Waals surface area contributed by atoms with Gasteiger partial charge in [-0.05, 0) is 53.3 Å². The lowest BCUT2D eigenvalue weighted by Crippen LogP contribution is -2.76. The first kappa shape index (κ1) is 30.3. The van der Waals surface area contributed by atoms with Crippen LogP contribution in [0.5, 0.6) is 5.75 Å². The molecule has 2 saturated heterocycles. The zero-order valence-electron chi connectivity index (χ0n) is 22.7. The number of benzene rings is 2. The Balaban J connectivity index is 1.62. The van der Waals surface area contributed by atoms with Crippen LogP contribution >= 0.6 is 32.5 Å². The van der Waals surface area contributed by atoms with Crippen LogP contribution in [0.3, 0.4) is 0 Å². The molecule has 0 unspecified atom stereocenters. The van der Waals surface area contributed by atoms with Crippen molar-refractivity contribution in [3.8, 4) is 5.75 Å². The van der Waals surface area contributed by atoms with Crippen molar-refractivity contribution in [2.24, 2.45) is 0 Å². The highest BCUT2D eigenvalue weighted by Gasteiger charge is 2.51. The molecule has 0 spiro atoms. The largest absolute Gasteiger partial charge is 0.497 e. The van der Waals surface area contributed by atoms with Gasteiger partial charge in [0.15, 0.2) is 0 Å². The predicted molar refractivity (Wildman–Crippen MR) is 164 cm³/mol. The summed E-state index contributed by atoms with van der Waals surface area (Å²) in [6.07, 6.45) is -0.175. The number of ether oxygens (including phenoxy) is 1. The van der Waals surface area contributed by atoms with Crippen molar-refractivity contribution in [2.45, 2.75) is 38.6 Å². The monoisotopic (exact) mass is 683 g/mol. The summed E-state index contributed by atoms with van der Waals surface area (Å²) in [5, 5.41) is 6.39. The van der Waals surface area contributed by atoms with E-state index >= 15 is 0 Å². The molecule has 216 valence electrons. The molecule has 40 heavy (non-hydrogen) atoms. The maximum Gasteiger partial charge on any atom is 0.334 e. The quantitative estimate of drug-likeness (QED) is 0.169. The molecular formula is C28H35FIN5O4S. The fourth-order valence-corrected chi connectivity index (χ4v) is 6.77. The summed E-state index contributed by atoms with van der Waals surface area (Å²) in [7, 11) is 1.60. The fraction of sp³-hybridized carbons (Fsp3) is 0.429. The average Bonchev–Trinajstić information content (AvgIpc) is 2.95. The van der Waals surface area contributed by atoms with Gasteiger partial charge in [0.1, 0.15) is 23.8 Å². The van der Waals surface area contributed by atoms with Gasteiger partial charge < -0.3 is 19.9 Å². The van der Waals surface area contributed by atoms with Gasteiger partial charge in [-0.2, -0.15) is 16.8 Å². The predicted octanol–water partition coefficient (Wildman–Crippen LogP) is 3.65. The Bertz CT molecular complexity index is 1200. The molecule has 2 heterocycles. The number of rotatable bonds is 11. The van der Waals surface area contributed by atoms with Gasteiger partial charge >= 0.3 is 6.03 Å². The van der Waals surface area contributed by atoms with Crippen molar-refractivity contribution in [2.75, 3.05) is 36.3 Å². The minimum Gasteiger partial charge on any atom is -0.497 e. The van der Waals surface area contributed by atoms with Crippen LogP contribution in [0.25, 0.3) is 0 Å². The number of hydrazine groups is 1. The molecule has 1 N–H and O–H groups in total. The molecule has 2 aliphatic rings. The standard InChI is InChI=1S/C28H35FIN5O4S/c1-4-40-14-13-24-27(37)32(16-21-5-9-22(29)10-6-21)17-25-34(24)26(36)18-33(19-30-2)35(25)28(38)31-15-20-7-11-23(39-3)12-8-20/h5-12,24-25H,2,4,13-19H2,1,3H3,(H,31,38)/t24-,25-/m0/s1. The van der Waals surface area contributed by atoms with Crippen molar-refractivity contribution in [3.63, 3.8) is 0 Å². The van der Waals surface area contributed by atoms with Crippen molar-refractivity contribution in [1.29, 1.82) is 0 Å². The number of nitrogens with one attached hydrogen (secondary N) is 1. The van der Waals surface area contributed by atoms with Gasteiger partial charge in [0.05, 0.1) is 24.8 Å². The van der Waals surface area contributed by atoms with Gasteiger partial charge in [-0.3, -0.25) is 9.59 Å². The number of carbonyl (C=O) groups excluding carboxylic acids is 3. The number of thioether (sulfide) groups is 1. The van der Waals surface area contributed by atoms with Gasteiger partial charge in [-0.25, -0.2) is 14.2 Å². The lowest BCUT2D eigenvalue weighted by atomic mass is 10.0. The summed E-state index contributed by atoms with van der Waals surface area (Å²) in [6, 6.07) is 12.5. The highest BCUT2D eigenvalue weighted by atomic mass is 127. The summed E-state index contributed by atoms with van der Waals surface area (Å²) in [6.45, 7) is 2.78. The molecule has 0 saturated carbocycles. The second-order valence-corrected chi connectivity index (χ2v) is 12.6. The number of hydrogen-bond donors (Lipinski definition) is 1. The fourth-order valence-electron chi connectivity index (χ4n) is 4.97. The normalized spacial score (nSPS) is 19.5. The summed E-state index contributed by atoms with van der Waals surface area (Å²) in [5.41, 5.74) is 1.68. The number of carbonyl (C=O) groups is 3. The number of amides is 4. The van der Waals surface area contributed by atoms with Crippen LogP contribution in [0.4, 0.5) is 9.18 Å². The van der Waals surface area contributed by atoms with E-state index in [1.807, 2.05) is 24.3 Å². The molecule has 2 aliphatic heterocycles. The smallest absolute Gasteiger partial charge is 0.334 e. The van der Waals surface area contributed by atoms with Crippen LogP contribution in [0.2, 0.25) is 0 Å². The third-order valence-corrected chi connectivity index (χ3v) is 9.09. The molecule has 2 fully saturated rings. The van der Waals surface area contributed by atoms with E-state index in [4.69, 9.17) is 4.74 Å². The third-order valence-electron chi connectivity index (χ3n) is 6.89. The SMILES string of the molecule is C=ICN1CC(=O)N2[C@@H](CCSCC)C(=O)N(Cc3ccc(F)cc3)C[C@@H]2N1C(=O)NCc1ccc(OC)cc1. The molecule has 2 aromatic carbocycles. The number of piperazine rings is 1. The highest BCUT2D eigenvalue weighted by Crippen LogP contribution is 2.30. The third kappa shape index (κ3) is 7.13. The Kier molecular flexibility index (Phi) is 10.8. The van der Waals surface area contributed by atoms with Gasteiger partial charge in [0, 0.05) is 13.1 Å². The first-order valence-corrected chi connectivity index (χ1v) is 17.3. The Morgan fingerprint density at radius 2 is 1.85 bits per heavy atom. The van der Waals surface area contributed by atoms with E-state index in [2.05, 4.69) is 16.8 Å². The molecule has 2 atom stereocenters. The molecule has 12 heteroatoms. The lowest BCUT2D eigenvalue weighted by molar-refractivity contribution is -0.188. The minimum atomic E-state index is -0.681. The zero-order valence-corrected chi connectivity index (χ0v) is 25.7. The van der Waals surface area contributed by atoms with Crippen LogP contribution in [0.1, 0.15) is 24.5 Å².